The van der Waals surface area contributed by atoms with Gasteiger partial charge >= 0.3 is 6.11 Å². The zero-order valence-electron chi connectivity index (χ0n) is 15.0. The van der Waals surface area contributed by atoms with Gasteiger partial charge in [-0.2, -0.15) is 8.78 Å². The second-order valence-corrected chi connectivity index (χ2v) is 7.07. The highest BCUT2D eigenvalue weighted by Crippen LogP contribution is 2.38. The van der Waals surface area contributed by atoms with Crippen molar-refractivity contribution >= 4 is 0 Å². The molecule has 0 N–H and O–H groups in total. The van der Waals surface area contributed by atoms with Gasteiger partial charge in [-0.3, -0.25) is 0 Å². The van der Waals surface area contributed by atoms with E-state index in [1.54, 1.807) is 12.1 Å². The van der Waals surface area contributed by atoms with Gasteiger partial charge in [0.15, 0.2) is 17.5 Å². The van der Waals surface area contributed by atoms with Crippen LogP contribution in [-0.2, 0) is 6.11 Å². The van der Waals surface area contributed by atoms with Gasteiger partial charge < -0.3 is 4.74 Å². The summed E-state index contributed by atoms with van der Waals surface area (Å²) in [5.74, 6) is -4.57. The Morgan fingerprint density at radius 3 is 2.00 bits per heavy atom. The maximum absolute atomic E-state index is 14.3. The molecule has 0 aromatic heterocycles. The first-order chi connectivity index (χ1) is 12.8. The Balaban J connectivity index is 1.72. The fourth-order valence-corrected chi connectivity index (χ4v) is 3.65. The number of benzene rings is 2. The van der Waals surface area contributed by atoms with Crippen LogP contribution in [0.15, 0.2) is 36.4 Å². The lowest BCUT2D eigenvalue weighted by Gasteiger charge is -2.28. The van der Waals surface area contributed by atoms with E-state index in [0.717, 1.165) is 37.2 Å². The molecular formula is C21H21F5O. The lowest BCUT2D eigenvalue weighted by atomic mass is 9.78. The first kappa shape index (κ1) is 19.6. The van der Waals surface area contributed by atoms with Gasteiger partial charge in [-0.25, -0.2) is 13.2 Å². The molecule has 1 aliphatic rings. The molecule has 6 heteroatoms. The summed E-state index contributed by atoms with van der Waals surface area (Å²) in [5.41, 5.74) is 0.571. The maximum Gasteiger partial charge on any atom is 0.426 e. The van der Waals surface area contributed by atoms with Gasteiger partial charge in [-0.1, -0.05) is 25.5 Å². The highest BCUT2D eigenvalue weighted by Gasteiger charge is 2.35. The molecule has 2 aromatic rings. The second kappa shape index (κ2) is 7.87. The lowest BCUT2D eigenvalue weighted by molar-refractivity contribution is -0.185. The van der Waals surface area contributed by atoms with Crippen molar-refractivity contribution in [3.8, 4) is 5.75 Å². The number of halogens is 5. The Morgan fingerprint density at radius 2 is 1.48 bits per heavy atom. The summed E-state index contributed by atoms with van der Waals surface area (Å²) >= 11 is 0. The largest absolute Gasteiger partial charge is 0.429 e. The van der Waals surface area contributed by atoms with Crippen molar-refractivity contribution in [1.29, 1.82) is 0 Å². The first-order valence-electron chi connectivity index (χ1n) is 9.12. The van der Waals surface area contributed by atoms with E-state index in [-0.39, 0.29) is 0 Å². The Hall–Kier alpha value is -2.11. The zero-order chi connectivity index (χ0) is 19.6. The molecule has 1 fully saturated rings. The molecule has 1 aliphatic carbocycles. The van der Waals surface area contributed by atoms with Crippen LogP contribution in [0, 0.1) is 23.4 Å². The quantitative estimate of drug-likeness (QED) is 0.402. The summed E-state index contributed by atoms with van der Waals surface area (Å²) in [6.07, 6.45) is 1.74. The number of hydrogen-bond donors (Lipinski definition) is 0. The molecule has 0 aliphatic heterocycles. The molecule has 146 valence electrons. The number of hydrogen-bond acceptors (Lipinski definition) is 1. The topological polar surface area (TPSA) is 9.23 Å². The fourth-order valence-electron chi connectivity index (χ4n) is 3.65. The molecule has 0 unspecified atom stereocenters. The van der Waals surface area contributed by atoms with Crippen LogP contribution < -0.4 is 4.74 Å². The summed E-state index contributed by atoms with van der Waals surface area (Å²) in [7, 11) is 0. The molecule has 0 heterocycles. The van der Waals surface area contributed by atoms with Crippen LogP contribution >= 0.6 is 0 Å². The van der Waals surface area contributed by atoms with E-state index < -0.39 is 34.9 Å². The van der Waals surface area contributed by atoms with Crippen molar-refractivity contribution in [2.45, 2.75) is 51.1 Å². The number of ether oxygens (including phenoxy) is 1. The van der Waals surface area contributed by atoms with Crippen LogP contribution in [-0.4, -0.2) is 0 Å². The molecule has 0 radical (unpaired) electrons. The third kappa shape index (κ3) is 4.42. The minimum Gasteiger partial charge on any atom is -0.429 e. The number of rotatable bonds is 5. The highest BCUT2D eigenvalue weighted by molar-refractivity contribution is 5.30. The SMILES string of the molecule is CC[C@H]1CC[C@H](c2ccc(C(F)(F)Oc3cc(F)c(F)c(F)c3)cc2)CC1. The van der Waals surface area contributed by atoms with Gasteiger partial charge in [0.25, 0.3) is 0 Å². The molecule has 0 bridgehead atoms. The smallest absolute Gasteiger partial charge is 0.426 e. The van der Waals surface area contributed by atoms with E-state index in [1.807, 2.05) is 0 Å². The summed E-state index contributed by atoms with van der Waals surface area (Å²) in [6, 6.07) is 6.61. The van der Waals surface area contributed by atoms with Crippen molar-refractivity contribution in [3.05, 3.63) is 65.0 Å². The Morgan fingerprint density at radius 1 is 0.926 bits per heavy atom. The lowest BCUT2D eigenvalue weighted by Crippen LogP contribution is -2.22. The van der Waals surface area contributed by atoms with Crippen LogP contribution in [0.4, 0.5) is 22.0 Å². The second-order valence-electron chi connectivity index (χ2n) is 7.07. The predicted molar refractivity (Wildman–Crippen MR) is 92.3 cm³/mol. The normalized spacial score (nSPS) is 20.5. The minimum atomic E-state index is -3.80. The van der Waals surface area contributed by atoms with Crippen LogP contribution in [0.2, 0.25) is 0 Å². The third-order valence-electron chi connectivity index (χ3n) is 5.35. The average Bonchev–Trinajstić information content (AvgIpc) is 2.66. The minimum absolute atomic E-state index is 0.358. The van der Waals surface area contributed by atoms with Gasteiger partial charge in [0.2, 0.25) is 0 Å². The summed E-state index contributed by atoms with van der Waals surface area (Å²) in [4.78, 5) is 0. The Kier molecular flexibility index (Phi) is 5.72. The van der Waals surface area contributed by atoms with E-state index in [0.29, 0.717) is 18.1 Å². The van der Waals surface area contributed by atoms with E-state index in [4.69, 9.17) is 0 Å². The molecule has 0 amide bonds. The Bertz CT molecular complexity index is 757. The van der Waals surface area contributed by atoms with Gasteiger partial charge in [0.1, 0.15) is 5.75 Å². The molecule has 27 heavy (non-hydrogen) atoms. The van der Waals surface area contributed by atoms with Gasteiger partial charge in [0.05, 0.1) is 5.56 Å². The third-order valence-corrected chi connectivity index (χ3v) is 5.35. The van der Waals surface area contributed by atoms with E-state index in [9.17, 15) is 22.0 Å². The highest BCUT2D eigenvalue weighted by atomic mass is 19.3. The van der Waals surface area contributed by atoms with Gasteiger partial charge in [-0.15, -0.1) is 0 Å². The predicted octanol–water partition coefficient (Wildman–Crippen LogP) is 6.92. The maximum atomic E-state index is 14.3. The monoisotopic (exact) mass is 384 g/mol. The average molecular weight is 384 g/mol. The zero-order valence-corrected chi connectivity index (χ0v) is 15.0. The van der Waals surface area contributed by atoms with E-state index in [2.05, 4.69) is 11.7 Å². The van der Waals surface area contributed by atoms with Gasteiger partial charge in [-0.05, 0) is 55.2 Å². The molecule has 0 atom stereocenters. The fraction of sp³-hybridized carbons (Fsp3) is 0.429. The van der Waals surface area contributed by atoms with Crippen LogP contribution in [0.3, 0.4) is 0 Å². The van der Waals surface area contributed by atoms with Gasteiger partial charge in [0, 0.05) is 12.1 Å². The van der Waals surface area contributed by atoms with Crippen molar-refractivity contribution in [1.82, 2.24) is 0 Å². The molecule has 2 aromatic carbocycles. The van der Waals surface area contributed by atoms with Crippen molar-refractivity contribution in [2.75, 3.05) is 0 Å². The van der Waals surface area contributed by atoms with Crippen molar-refractivity contribution in [2.24, 2.45) is 5.92 Å². The molecule has 0 saturated heterocycles. The summed E-state index contributed by atoms with van der Waals surface area (Å²) < 4.78 is 72.4. The van der Waals surface area contributed by atoms with Crippen LogP contribution in [0.5, 0.6) is 5.75 Å². The first-order valence-corrected chi connectivity index (χ1v) is 9.12. The molecule has 0 spiro atoms. The Labute approximate surface area is 155 Å². The standard InChI is InChI=1S/C21H21F5O/c1-2-13-3-5-14(6-4-13)15-7-9-16(10-8-15)21(25,26)27-17-11-18(22)20(24)19(23)12-17/h7-14H,2-6H2,1H3/t13-,14-. The summed E-state index contributed by atoms with van der Waals surface area (Å²) in [5, 5.41) is 0. The molecule has 1 saturated carbocycles. The van der Waals surface area contributed by atoms with Crippen LogP contribution in [0.1, 0.15) is 56.1 Å². The van der Waals surface area contributed by atoms with Crippen molar-refractivity contribution in [3.63, 3.8) is 0 Å². The molecule has 3 rings (SSSR count). The number of alkyl halides is 2. The summed E-state index contributed by atoms with van der Waals surface area (Å²) in [6.45, 7) is 2.18. The van der Waals surface area contributed by atoms with Crippen LogP contribution in [0.25, 0.3) is 0 Å². The van der Waals surface area contributed by atoms with E-state index >= 15 is 0 Å². The molecular weight excluding hydrogens is 363 g/mol. The van der Waals surface area contributed by atoms with Crippen molar-refractivity contribution < 1.29 is 26.7 Å². The van der Waals surface area contributed by atoms with E-state index in [1.165, 1.54) is 18.6 Å². The molecule has 1 nitrogen and oxygen atoms in total.